The van der Waals surface area contributed by atoms with E-state index in [1.54, 1.807) is 0 Å². The van der Waals surface area contributed by atoms with Gasteiger partial charge in [-0.1, -0.05) is 0 Å². The fourth-order valence-electron chi connectivity index (χ4n) is 1.60. The summed E-state index contributed by atoms with van der Waals surface area (Å²) < 4.78 is 5.62. The van der Waals surface area contributed by atoms with Crippen LogP contribution >= 0.6 is 12.2 Å². The minimum absolute atomic E-state index is 0.445. The summed E-state index contributed by atoms with van der Waals surface area (Å²) in [5.41, 5.74) is 0. The number of hydrogen-bond donors (Lipinski definition) is 2. The van der Waals surface area contributed by atoms with Crippen molar-refractivity contribution in [3.8, 4) is 0 Å². The Bertz CT molecular complexity index is 170. The van der Waals surface area contributed by atoms with Crippen molar-refractivity contribution in [1.82, 2.24) is 10.6 Å². The Morgan fingerprint density at radius 2 is 2.29 bits per heavy atom. The molecule has 1 unspecified atom stereocenters. The van der Waals surface area contributed by atoms with Crippen LogP contribution in [0.3, 0.4) is 0 Å². The second kappa shape index (κ2) is 7.01. The fraction of sp³-hybridized carbons (Fsp3) is 0.900. The summed E-state index contributed by atoms with van der Waals surface area (Å²) in [4.78, 5) is 0. The van der Waals surface area contributed by atoms with Crippen LogP contribution in [0.5, 0.6) is 0 Å². The standard InChI is InChI=1S/C10H20N2OS/c1-2-11-10(14)12-7-6-9-5-3-4-8-13-9/h9H,2-8H2,1H3,(H2,11,12,14). The van der Waals surface area contributed by atoms with Crippen LogP contribution in [0.25, 0.3) is 0 Å². The summed E-state index contributed by atoms with van der Waals surface area (Å²) in [6, 6.07) is 0. The highest BCUT2D eigenvalue weighted by atomic mass is 32.1. The molecule has 0 amide bonds. The molecule has 1 atom stereocenters. The molecule has 14 heavy (non-hydrogen) atoms. The van der Waals surface area contributed by atoms with E-state index >= 15 is 0 Å². The number of nitrogens with one attached hydrogen (secondary N) is 2. The van der Waals surface area contributed by atoms with E-state index in [2.05, 4.69) is 10.6 Å². The second-order valence-corrected chi connectivity index (χ2v) is 3.97. The third-order valence-electron chi connectivity index (χ3n) is 2.36. The minimum atomic E-state index is 0.445. The van der Waals surface area contributed by atoms with Crippen LogP contribution in [0, 0.1) is 0 Å². The topological polar surface area (TPSA) is 33.3 Å². The van der Waals surface area contributed by atoms with Crippen molar-refractivity contribution in [3.05, 3.63) is 0 Å². The second-order valence-electron chi connectivity index (χ2n) is 3.56. The zero-order chi connectivity index (χ0) is 10.2. The quantitative estimate of drug-likeness (QED) is 0.697. The van der Waals surface area contributed by atoms with Crippen molar-refractivity contribution in [3.63, 3.8) is 0 Å². The molecule has 1 fully saturated rings. The molecule has 82 valence electrons. The molecule has 1 heterocycles. The Morgan fingerprint density at radius 1 is 1.43 bits per heavy atom. The summed E-state index contributed by atoms with van der Waals surface area (Å²) >= 11 is 5.06. The number of hydrogen-bond acceptors (Lipinski definition) is 2. The van der Waals surface area contributed by atoms with Gasteiger partial charge in [0.2, 0.25) is 0 Å². The number of ether oxygens (including phenoxy) is 1. The Hall–Kier alpha value is -0.350. The molecule has 2 N–H and O–H groups in total. The molecule has 0 saturated carbocycles. The lowest BCUT2D eigenvalue weighted by Crippen LogP contribution is -2.37. The van der Waals surface area contributed by atoms with Crippen molar-refractivity contribution >= 4 is 17.3 Å². The molecule has 1 aliphatic rings. The molecule has 4 heteroatoms. The van der Waals surface area contributed by atoms with Gasteiger partial charge < -0.3 is 15.4 Å². The average molecular weight is 216 g/mol. The van der Waals surface area contributed by atoms with Crippen LogP contribution in [-0.4, -0.2) is 30.9 Å². The van der Waals surface area contributed by atoms with Crippen molar-refractivity contribution in [2.75, 3.05) is 19.7 Å². The molecule has 0 bridgehead atoms. The molecular formula is C10H20N2OS. The number of rotatable bonds is 4. The van der Waals surface area contributed by atoms with Crippen molar-refractivity contribution in [1.29, 1.82) is 0 Å². The van der Waals surface area contributed by atoms with Crippen LogP contribution in [0.4, 0.5) is 0 Å². The van der Waals surface area contributed by atoms with Gasteiger partial charge in [0.25, 0.3) is 0 Å². The first kappa shape index (κ1) is 11.7. The van der Waals surface area contributed by atoms with Crippen molar-refractivity contribution in [2.24, 2.45) is 0 Å². The molecule has 0 aliphatic carbocycles. The lowest BCUT2D eigenvalue weighted by Gasteiger charge is -2.22. The third-order valence-corrected chi connectivity index (χ3v) is 2.65. The van der Waals surface area contributed by atoms with Gasteiger partial charge in [0.05, 0.1) is 6.10 Å². The van der Waals surface area contributed by atoms with E-state index in [0.29, 0.717) is 6.10 Å². The minimum Gasteiger partial charge on any atom is -0.378 e. The first-order valence-corrected chi connectivity index (χ1v) is 5.87. The van der Waals surface area contributed by atoms with Gasteiger partial charge in [-0.25, -0.2) is 0 Å². The van der Waals surface area contributed by atoms with E-state index in [1.807, 2.05) is 6.92 Å². The largest absolute Gasteiger partial charge is 0.378 e. The van der Waals surface area contributed by atoms with Gasteiger partial charge in [-0.3, -0.25) is 0 Å². The Kier molecular flexibility index (Phi) is 5.87. The van der Waals surface area contributed by atoms with Gasteiger partial charge in [-0.2, -0.15) is 0 Å². The summed E-state index contributed by atoms with van der Waals surface area (Å²) in [5.74, 6) is 0. The number of thiocarbonyl (C=S) groups is 1. The molecule has 0 radical (unpaired) electrons. The van der Waals surface area contributed by atoms with Gasteiger partial charge in [-0.05, 0) is 44.8 Å². The van der Waals surface area contributed by atoms with Gasteiger partial charge in [0.15, 0.2) is 5.11 Å². The summed E-state index contributed by atoms with van der Waals surface area (Å²) in [6.45, 7) is 4.77. The lowest BCUT2D eigenvalue weighted by atomic mass is 10.1. The summed E-state index contributed by atoms with van der Waals surface area (Å²) in [5, 5.41) is 6.99. The molecular weight excluding hydrogens is 196 g/mol. The van der Waals surface area contributed by atoms with Gasteiger partial charge in [0.1, 0.15) is 0 Å². The highest BCUT2D eigenvalue weighted by Crippen LogP contribution is 2.14. The molecule has 0 spiro atoms. The van der Waals surface area contributed by atoms with Gasteiger partial charge >= 0.3 is 0 Å². The van der Waals surface area contributed by atoms with E-state index in [4.69, 9.17) is 17.0 Å². The molecule has 1 saturated heterocycles. The fourth-order valence-corrected chi connectivity index (χ4v) is 1.85. The first-order valence-electron chi connectivity index (χ1n) is 5.46. The molecule has 0 aromatic carbocycles. The molecule has 1 aliphatic heterocycles. The van der Waals surface area contributed by atoms with E-state index in [1.165, 1.54) is 19.3 Å². The SMILES string of the molecule is CCNC(=S)NCCC1CCCCO1. The maximum Gasteiger partial charge on any atom is 0.166 e. The predicted octanol–water partition coefficient (Wildman–Crippen LogP) is 1.43. The normalized spacial score (nSPS) is 21.6. The Morgan fingerprint density at radius 3 is 2.93 bits per heavy atom. The lowest BCUT2D eigenvalue weighted by molar-refractivity contribution is 0.0122. The maximum atomic E-state index is 5.62. The van der Waals surface area contributed by atoms with E-state index < -0.39 is 0 Å². The van der Waals surface area contributed by atoms with Gasteiger partial charge in [0, 0.05) is 19.7 Å². The first-order chi connectivity index (χ1) is 6.83. The maximum absolute atomic E-state index is 5.62. The molecule has 1 rings (SSSR count). The predicted molar refractivity (Wildman–Crippen MR) is 62.5 cm³/mol. The van der Waals surface area contributed by atoms with E-state index in [9.17, 15) is 0 Å². The van der Waals surface area contributed by atoms with Crippen LogP contribution in [0.2, 0.25) is 0 Å². The van der Waals surface area contributed by atoms with Crippen LogP contribution in [0.15, 0.2) is 0 Å². The van der Waals surface area contributed by atoms with Crippen LogP contribution < -0.4 is 10.6 Å². The van der Waals surface area contributed by atoms with Crippen molar-refractivity contribution in [2.45, 2.75) is 38.7 Å². The van der Waals surface area contributed by atoms with Crippen LogP contribution in [-0.2, 0) is 4.74 Å². The summed E-state index contributed by atoms with van der Waals surface area (Å²) in [7, 11) is 0. The smallest absolute Gasteiger partial charge is 0.166 e. The third kappa shape index (κ3) is 4.77. The molecule has 0 aromatic heterocycles. The zero-order valence-corrected chi connectivity index (χ0v) is 9.66. The molecule has 3 nitrogen and oxygen atoms in total. The average Bonchev–Trinajstić information content (AvgIpc) is 2.20. The highest BCUT2D eigenvalue weighted by molar-refractivity contribution is 7.80. The van der Waals surface area contributed by atoms with E-state index in [-0.39, 0.29) is 0 Å². The Balaban J connectivity index is 1.99. The monoisotopic (exact) mass is 216 g/mol. The van der Waals surface area contributed by atoms with Crippen LogP contribution in [0.1, 0.15) is 32.6 Å². The highest BCUT2D eigenvalue weighted by Gasteiger charge is 2.12. The van der Waals surface area contributed by atoms with Gasteiger partial charge in [-0.15, -0.1) is 0 Å². The zero-order valence-electron chi connectivity index (χ0n) is 8.84. The Labute approximate surface area is 91.6 Å². The van der Waals surface area contributed by atoms with E-state index in [0.717, 1.165) is 31.2 Å². The summed E-state index contributed by atoms with van der Waals surface area (Å²) in [6.07, 6.45) is 5.24. The van der Waals surface area contributed by atoms with Crippen molar-refractivity contribution < 1.29 is 4.74 Å². The molecule has 0 aromatic rings.